The number of benzene rings is 3. The van der Waals surface area contributed by atoms with Gasteiger partial charge in [-0.15, -0.1) is 0 Å². The predicted molar refractivity (Wildman–Crippen MR) is 121 cm³/mol. The number of halogens is 2. The first-order chi connectivity index (χ1) is 14.9. The van der Waals surface area contributed by atoms with Crippen molar-refractivity contribution in [3.8, 4) is 11.8 Å². The number of carbonyl (C=O) groups is 1. The largest absolute Gasteiger partial charge is 0.496 e. The van der Waals surface area contributed by atoms with Gasteiger partial charge in [0.1, 0.15) is 23.2 Å². The zero-order valence-corrected chi connectivity index (χ0v) is 17.8. The highest BCUT2D eigenvalue weighted by Crippen LogP contribution is 2.25. The lowest BCUT2D eigenvalue weighted by atomic mass is 10.0. The summed E-state index contributed by atoms with van der Waals surface area (Å²) in [6.07, 6.45) is 1.98. The average molecular weight is 435 g/mol. The minimum Gasteiger partial charge on any atom is -0.496 e. The molecule has 3 aromatic carbocycles. The molecule has 1 amide bonds. The Hall–Kier alpha value is -3.62. The predicted octanol–water partition coefficient (Wildman–Crippen LogP) is 5.93. The molecule has 0 bridgehead atoms. The molecule has 156 valence electrons. The van der Waals surface area contributed by atoms with Crippen molar-refractivity contribution in [3.05, 3.63) is 99.3 Å². The van der Waals surface area contributed by atoms with Crippen LogP contribution in [0.5, 0.6) is 5.75 Å². The van der Waals surface area contributed by atoms with E-state index in [0.717, 1.165) is 16.7 Å². The summed E-state index contributed by atoms with van der Waals surface area (Å²) in [7, 11) is 1.54. The van der Waals surface area contributed by atoms with Crippen molar-refractivity contribution in [2.45, 2.75) is 13.3 Å². The number of hydrogen-bond donors (Lipinski definition) is 1. The Morgan fingerprint density at radius 1 is 1.19 bits per heavy atom. The maximum absolute atomic E-state index is 13.5. The minimum atomic E-state index is -0.537. The van der Waals surface area contributed by atoms with Crippen LogP contribution < -0.4 is 10.1 Å². The standard InChI is InChI=1S/C25H20ClFN2O2/c1-16-6-9-22(14-23(16)26)29-25(30)20(15-28)11-18-7-8-19(24(13-18)31-2)10-17-4-3-5-21(27)12-17/h3-9,11-14H,10H2,1-2H3,(H,29,30)/b20-11+. The first-order valence-electron chi connectivity index (χ1n) is 9.50. The SMILES string of the molecule is COc1cc(/C=C(\C#N)C(=O)Nc2ccc(C)c(Cl)c2)ccc1Cc1cccc(F)c1. The lowest BCUT2D eigenvalue weighted by Gasteiger charge is -2.10. The Kier molecular flexibility index (Phi) is 7.07. The fraction of sp³-hybridized carbons (Fsp3) is 0.120. The van der Waals surface area contributed by atoms with Crippen LogP contribution in [0.15, 0.2) is 66.2 Å². The molecule has 0 fully saturated rings. The molecule has 0 heterocycles. The number of nitriles is 1. The van der Waals surface area contributed by atoms with Gasteiger partial charge >= 0.3 is 0 Å². The van der Waals surface area contributed by atoms with E-state index in [-0.39, 0.29) is 11.4 Å². The molecule has 0 spiro atoms. The smallest absolute Gasteiger partial charge is 0.266 e. The molecule has 0 aromatic heterocycles. The monoisotopic (exact) mass is 434 g/mol. The van der Waals surface area contributed by atoms with Gasteiger partial charge in [0.2, 0.25) is 0 Å². The van der Waals surface area contributed by atoms with Gasteiger partial charge < -0.3 is 10.1 Å². The molecule has 0 aliphatic heterocycles. The van der Waals surface area contributed by atoms with Gasteiger partial charge in [0, 0.05) is 17.1 Å². The number of ether oxygens (including phenoxy) is 1. The maximum Gasteiger partial charge on any atom is 0.266 e. The summed E-state index contributed by atoms with van der Waals surface area (Å²) < 4.78 is 18.9. The Morgan fingerprint density at radius 2 is 2.00 bits per heavy atom. The van der Waals surface area contributed by atoms with Crippen LogP contribution in [0.1, 0.15) is 22.3 Å². The third-order valence-corrected chi connectivity index (χ3v) is 5.11. The van der Waals surface area contributed by atoms with E-state index in [1.54, 1.807) is 36.4 Å². The van der Waals surface area contributed by atoms with Crippen LogP contribution in [0.4, 0.5) is 10.1 Å². The van der Waals surface area contributed by atoms with Crippen LogP contribution in [0.3, 0.4) is 0 Å². The first kappa shape index (κ1) is 22.1. The summed E-state index contributed by atoms with van der Waals surface area (Å²) in [6, 6.07) is 18.8. The molecule has 31 heavy (non-hydrogen) atoms. The minimum absolute atomic E-state index is 0.0587. The number of methoxy groups -OCH3 is 1. The normalized spacial score (nSPS) is 11.0. The van der Waals surface area contributed by atoms with Gasteiger partial charge in [0.05, 0.1) is 7.11 Å². The lowest BCUT2D eigenvalue weighted by Crippen LogP contribution is -2.13. The van der Waals surface area contributed by atoms with Crippen LogP contribution >= 0.6 is 11.6 Å². The third-order valence-electron chi connectivity index (χ3n) is 4.70. The molecule has 3 aromatic rings. The van der Waals surface area contributed by atoms with Crippen molar-refractivity contribution >= 4 is 29.3 Å². The number of amides is 1. The Morgan fingerprint density at radius 3 is 2.68 bits per heavy atom. The number of hydrogen-bond acceptors (Lipinski definition) is 3. The van der Waals surface area contributed by atoms with E-state index in [1.807, 2.05) is 25.1 Å². The quantitative estimate of drug-likeness (QED) is 0.386. The van der Waals surface area contributed by atoms with Crippen molar-refractivity contribution in [1.82, 2.24) is 0 Å². The van der Waals surface area contributed by atoms with Gasteiger partial charge in [-0.1, -0.05) is 41.9 Å². The number of aryl methyl sites for hydroxylation is 1. The summed E-state index contributed by atoms with van der Waals surface area (Å²) >= 11 is 6.09. The number of carbonyl (C=O) groups excluding carboxylic acids is 1. The number of rotatable bonds is 6. The topological polar surface area (TPSA) is 62.1 Å². The van der Waals surface area contributed by atoms with Gasteiger partial charge in [0.15, 0.2) is 0 Å². The molecule has 0 atom stereocenters. The number of anilines is 1. The van der Waals surface area contributed by atoms with Gasteiger partial charge in [-0.2, -0.15) is 5.26 Å². The zero-order valence-electron chi connectivity index (χ0n) is 17.1. The Balaban J connectivity index is 1.82. The van der Waals surface area contributed by atoms with Crippen molar-refractivity contribution in [2.75, 3.05) is 12.4 Å². The molecule has 0 unspecified atom stereocenters. The molecule has 1 N–H and O–H groups in total. The van der Waals surface area contributed by atoms with Crippen LogP contribution in [0, 0.1) is 24.1 Å². The van der Waals surface area contributed by atoms with Crippen molar-refractivity contribution in [2.24, 2.45) is 0 Å². The summed E-state index contributed by atoms with van der Waals surface area (Å²) in [5.41, 5.74) is 3.65. The van der Waals surface area contributed by atoms with Gasteiger partial charge in [-0.25, -0.2) is 4.39 Å². The molecule has 0 aliphatic carbocycles. The van der Waals surface area contributed by atoms with E-state index in [0.29, 0.717) is 28.4 Å². The maximum atomic E-state index is 13.5. The molecular formula is C25H20ClFN2O2. The number of nitrogens with one attached hydrogen (secondary N) is 1. The lowest BCUT2D eigenvalue weighted by molar-refractivity contribution is -0.112. The average Bonchev–Trinajstić information content (AvgIpc) is 2.75. The molecule has 0 saturated heterocycles. The van der Waals surface area contributed by atoms with E-state index in [2.05, 4.69) is 5.32 Å². The highest BCUT2D eigenvalue weighted by atomic mass is 35.5. The Labute approximate surface area is 185 Å². The van der Waals surface area contributed by atoms with E-state index in [1.165, 1.54) is 25.3 Å². The van der Waals surface area contributed by atoms with Crippen LogP contribution in [-0.4, -0.2) is 13.0 Å². The van der Waals surface area contributed by atoms with E-state index in [4.69, 9.17) is 16.3 Å². The summed E-state index contributed by atoms with van der Waals surface area (Å²) in [4.78, 5) is 12.5. The van der Waals surface area contributed by atoms with E-state index >= 15 is 0 Å². The van der Waals surface area contributed by atoms with Crippen molar-refractivity contribution in [3.63, 3.8) is 0 Å². The van der Waals surface area contributed by atoms with Gasteiger partial charge in [0.25, 0.3) is 5.91 Å². The molecule has 0 saturated carbocycles. The fourth-order valence-corrected chi connectivity index (χ4v) is 3.23. The highest BCUT2D eigenvalue weighted by Gasteiger charge is 2.12. The summed E-state index contributed by atoms with van der Waals surface area (Å²) in [6.45, 7) is 1.86. The van der Waals surface area contributed by atoms with E-state index in [9.17, 15) is 14.4 Å². The molecule has 4 nitrogen and oxygen atoms in total. The van der Waals surface area contributed by atoms with Crippen LogP contribution in [0.2, 0.25) is 5.02 Å². The Bertz CT molecular complexity index is 1200. The summed E-state index contributed by atoms with van der Waals surface area (Å²) in [5.74, 6) is -0.248. The van der Waals surface area contributed by atoms with Crippen molar-refractivity contribution < 1.29 is 13.9 Å². The molecule has 3 rings (SSSR count). The van der Waals surface area contributed by atoms with Crippen LogP contribution in [0.25, 0.3) is 6.08 Å². The number of nitrogens with zero attached hydrogens (tertiary/aromatic N) is 1. The van der Waals surface area contributed by atoms with Gasteiger partial charge in [-0.3, -0.25) is 4.79 Å². The highest BCUT2D eigenvalue weighted by molar-refractivity contribution is 6.31. The molecule has 6 heteroatoms. The second-order valence-electron chi connectivity index (χ2n) is 6.97. The van der Waals surface area contributed by atoms with E-state index < -0.39 is 5.91 Å². The zero-order chi connectivity index (χ0) is 22.4. The summed E-state index contributed by atoms with van der Waals surface area (Å²) in [5, 5.41) is 12.7. The first-order valence-corrected chi connectivity index (χ1v) is 9.88. The molecule has 0 aliphatic rings. The van der Waals surface area contributed by atoms with Gasteiger partial charge in [-0.05, 0) is 65.6 Å². The van der Waals surface area contributed by atoms with Crippen molar-refractivity contribution in [1.29, 1.82) is 5.26 Å². The third kappa shape index (κ3) is 5.71. The molecular weight excluding hydrogens is 415 g/mol. The molecule has 0 radical (unpaired) electrons. The fourth-order valence-electron chi connectivity index (χ4n) is 3.05. The van der Waals surface area contributed by atoms with Crippen LogP contribution in [-0.2, 0) is 11.2 Å². The second-order valence-corrected chi connectivity index (χ2v) is 7.37. The second kappa shape index (κ2) is 9.92.